The number of fused-ring (bicyclic) bond motifs is 1. The quantitative estimate of drug-likeness (QED) is 0.769. The zero-order chi connectivity index (χ0) is 15.0. The molecule has 0 radical (unpaired) electrons. The van der Waals surface area contributed by atoms with E-state index in [-0.39, 0.29) is 0 Å². The van der Waals surface area contributed by atoms with Gasteiger partial charge in [0.25, 0.3) is 0 Å². The van der Waals surface area contributed by atoms with E-state index >= 15 is 0 Å². The Morgan fingerprint density at radius 2 is 2.24 bits per heavy atom. The van der Waals surface area contributed by atoms with Gasteiger partial charge in [-0.3, -0.25) is 4.90 Å². The smallest absolute Gasteiger partial charge is 0.160 e. The third-order valence-corrected chi connectivity index (χ3v) is 4.69. The van der Waals surface area contributed by atoms with Crippen molar-refractivity contribution in [3.63, 3.8) is 0 Å². The Balaban J connectivity index is 1.94. The first-order chi connectivity index (χ1) is 10.1. The van der Waals surface area contributed by atoms with E-state index in [1.165, 1.54) is 18.4 Å². The van der Waals surface area contributed by atoms with Gasteiger partial charge in [-0.05, 0) is 45.4 Å². The molecule has 0 saturated heterocycles. The summed E-state index contributed by atoms with van der Waals surface area (Å²) >= 11 is 5.95. The lowest BCUT2D eigenvalue weighted by Crippen LogP contribution is -2.35. The van der Waals surface area contributed by atoms with Gasteiger partial charge < -0.3 is 4.57 Å². The number of nitrogens with zero attached hydrogens (tertiary/aromatic N) is 4. The van der Waals surface area contributed by atoms with E-state index in [9.17, 15) is 0 Å². The van der Waals surface area contributed by atoms with Crippen LogP contribution in [0.5, 0.6) is 0 Å². The zero-order valence-corrected chi connectivity index (χ0v) is 13.8. The Bertz CT molecular complexity index is 632. The molecule has 0 spiro atoms. The minimum atomic E-state index is 0.478. The summed E-state index contributed by atoms with van der Waals surface area (Å²) in [7, 11) is 2.22. The molecule has 2 aromatic heterocycles. The van der Waals surface area contributed by atoms with Crippen LogP contribution >= 0.6 is 11.6 Å². The van der Waals surface area contributed by atoms with Crippen LogP contribution in [0.1, 0.15) is 31.2 Å². The van der Waals surface area contributed by atoms with Gasteiger partial charge in [0.15, 0.2) is 5.65 Å². The standard InChI is InChI=1S/C16H23ClN4/c1-11-7-9-18-16-15(11)19-14(6-8-17)21(16)10-12(2)20(3)13-4-5-13/h7,9,12-13H,4-6,8,10H2,1-3H3. The summed E-state index contributed by atoms with van der Waals surface area (Å²) in [5, 5.41) is 0. The first kappa shape index (κ1) is 14.8. The third kappa shape index (κ3) is 2.92. The highest BCUT2D eigenvalue weighted by molar-refractivity contribution is 6.17. The fraction of sp³-hybridized carbons (Fsp3) is 0.625. The van der Waals surface area contributed by atoms with Crippen molar-refractivity contribution in [2.24, 2.45) is 0 Å². The second-order valence-corrected chi connectivity index (χ2v) is 6.50. The number of likely N-dealkylation sites (N-methyl/N-ethyl adjacent to an activating group) is 1. The normalized spacial score (nSPS) is 16.8. The number of hydrogen-bond acceptors (Lipinski definition) is 3. The molecule has 5 heteroatoms. The van der Waals surface area contributed by atoms with Crippen molar-refractivity contribution in [3.8, 4) is 0 Å². The van der Waals surface area contributed by atoms with Gasteiger partial charge >= 0.3 is 0 Å². The van der Waals surface area contributed by atoms with E-state index < -0.39 is 0 Å². The Labute approximate surface area is 131 Å². The number of aromatic nitrogens is 3. The van der Waals surface area contributed by atoms with Crippen LogP contribution in [-0.4, -0.2) is 44.4 Å². The van der Waals surface area contributed by atoms with E-state index in [1.54, 1.807) is 0 Å². The number of imidazole rings is 1. The van der Waals surface area contributed by atoms with Crippen molar-refractivity contribution in [2.45, 2.75) is 51.7 Å². The minimum absolute atomic E-state index is 0.478. The fourth-order valence-corrected chi connectivity index (χ4v) is 3.05. The predicted octanol–water partition coefficient (Wildman–Crippen LogP) is 3.00. The SMILES string of the molecule is Cc1ccnc2c1nc(CCCl)n2CC(C)N(C)C1CC1. The van der Waals surface area contributed by atoms with E-state index in [0.29, 0.717) is 11.9 Å². The van der Waals surface area contributed by atoms with Crippen LogP contribution in [0.25, 0.3) is 11.2 Å². The molecule has 0 bridgehead atoms. The maximum atomic E-state index is 5.95. The Morgan fingerprint density at radius 3 is 2.90 bits per heavy atom. The summed E-state index contributed by atoms with van der Waals surface area (Å²) in [4.78, 5) is 11.8. The first-order valence-electron chi connectivity index (χ1n) is 7.70. The fourth-order valence-electron chi connectivity index (χ4n) is 2.89. The van der Waals surface area contributed by atoms with Crippen LogP contribution in [0.15, 0.2) is 12.3 Å². The monoisotopic (exact) mass is 306 g/mol. The molecule has 1 aliphatic carbocycles. The maximum Gasteiger partial charge on any atom is 0.160 e. The Kier molecular flexibility index (Phi) is 4.18. The van der Waals surface area contributed by atoms with Gasteiger partial charge in [0.1, 0.15) is 11.3 Å². The summed E-state index contributed by atoms with van der Waals surface area (Å²) < 4.78 is 2.26. The molecule has 1 fully saturated rings. The van der Waals surface area contributed by atoms with E-state index in [0.717, 1.165) is 36.0 Å². The number of pyridine rings is 1. The van der Waals surface area contributed by atoms with Crippen LogP contribution in [0.2, 0.25) is 0 Å². The Morgan fingerprint density at radius 1 is 1.48 bits per heavy atom. The molecule has 0 aliphatic heterocycles. The number of alkyl halides is 1. The molecule has 0 N–H and O–H groups in total. The lowest BCUT2D eigenvalue weighted by molar-refractivity contribution is 0.225. The van der Waals surface area contributed by atoms with E-state index in [4.69, 9.17) is 16.6 Å². The molecule has 1 aliphatic rings. The molecule has 0 aromatic carbocycles. The predicted molar refractivity (Wildman–Crippen MR) is 86.9 cm³/mol. The minimum Gasteiger partial charge on any atom is -0.311 e. The van der Waals surface area contributed by atoms with E-state index in [2.05, 4.69) is 35.3 Å². The molecule has 1 unspecified atom stereocenters. The number of aryl methyl sites for hydroxylation is 2. The summed E-state index contributed by atoms with van der Waals surface area (Å²) in [6, 6.07) is 3.26. The van der Waals surface area contributed by atoms with Crippen LogP contribution in [-0.2, 0) is 13.0 Å². The lowest BCUT2D eigenvalue weighted by Gasteiger charge is -2.25. The van der Waals surface area contributed by atoms with Crippen LogP contribution in [0.4, 0.5) is 0 Å². The molecule has 1 atom stereocenters. The summed E-state index contributed by atoms with van der Waals surface area (Å²) in [6.45, 7) is 5.29. The van der Waals surface area contributed by atoms with Crippen molar-refractivity contribution in [3.05, 3.63) is 23.7 Å². The highest BCUT2D eigenvalue weighted by Gasteiger charge is 2.29. The first-order valence-corrected chi connectivity index (χ1v) is 8.24. The van der Waals surface area contributed by atoms with Crippen molar-refractivity contribution in [1.82, 2.24) is 19.4 Å². The highest BCUT2D eigenvalue weighted by atomic mass is 35.5. The number of rotatable bonds is 6. The second kappa shape index (κ2) is 5.93. The molecule has 3 rings (SSSR count). The largest absolute Gasteiger partial charge is 0.311 e. The molecule has 21 heavy (non-hydrogen) atoms. The Hall–Kier alpha value is -1.13. The second-order valence-electron chi connectivity index (χ2n) is 6.12. The molecule has 1 saturated carbocycles. The molecule has 0 amide bonds. The summed E-state index contributed by atoms with van der Waals surface area (Å²) in [5.41, 5.74) is 3.18. The highest BCUT2D eigenvalue weighted by Crippen LogP contribution is 2.28. The van der Waals surface area contributed by atoms with Gasteiger partial charge in [-0.15, -0.1) is 11.6 Å². The molecule has 4 nitrogen and oxygen atoms in total. The third-order valence-electron chi connectivity index (χ3n) is 4.50. The van der Waals surface area contributed by atoms with Gasteiger partial charge in [0.05, 0.1) is 0 Å². The lowest BCUT2D eigenvalue weighted by atomic mass is 10.2. The van der Waals surface area contributed by atoms with Gasteiger partial charge in [0, 0.05) is 37.1 Å². The molecular formula is C16H23ClN4. The van der Waals surface area contributed by atoms with Crippen LogP contribution in [0.3, 0.4) is 0 Å². The molecule has 2 heterocycles. The van der Waals surface area contributed by atoms with Gasteiger partial charge in [-0.25, -0.2) is 9.97 Å². The van der Waals surface area contributed by atoms with Crippen molar-refractivity contribution < 1.29 is 0 Å². The molecular weight excluding hydrogens is 284 g/mol. The van der Waals surface area contributed by atoms with Crippen molar-refractivity contribution in [2.75, 3.05) is 12.9 Å². The summed E-state index contributed by atoms with van der Waals surface area (Å²) in [5.74, 6) is 1.65. The van der Waals surface area contributed by atoms with Gasteiger partial charge in [-0.1, -0.05) is 0 Å². The van der Waals surface area contributed by atoms with Gasteiger partial charge in [0.2, 0.25) is 0 Å². The maximum absolute atomic E-state index is 5.95. The average Bonchev–Trinajstić information content (AvgIpc) is 3.25. The number of hydrogen-bond donors (Lipinski definition) is 0. The molecule has 114 valence electrons. The zero-order valence-electron chi connectivity index (χ0n) is 13.0. The van der Waals surface area contributed by atoms with Crippen molar-refractivity contribution in [1.29, 1.82) is 0 Å². The molecule has 2 aromatic rings. The number of halogens is 1. The van der Waals surface area contributed by atoms with E-state index in [1.807, 2.05) is 12.3 Å². The summed E-state index contributed by atoms with van der Waals surface area (Å²) in [6.07, 6.45) is 5.32. The van der Waals surface area contributed by atoms with Crippen LogP contribution < -0.4 is 0 Å². The average molecular weight is 307 g/mol. The van der Waals surface area contributed by atoms with Crippen LogP contribution in [0, 0.1) is 6.92 Å². The van der Waals surface area contributed by atoms with Gasteiger partial charge in [-0.2, -0.15) is 0 Å². The van der Waals surface area contributed by atoms with Crippen molar-refractivity contribution >= 4 is 22.8 Å². The topological polar surface area (TPSA) is 34.0 Å².